The van der Waals surface area contributed by atoms with Gasteiger partial charge in [0.15, 0.2) is 0 Å². The molecule has 236 valence electrons. The summed E-state index contributed by atoms with van der Waals surface area (Å²) in [6.07, 6.45) is 1.91. The maximum atomic E-state index is 14.5. The highest BCUT2D eigenvalue weighted by Gasteiger charge is 2.35. The van der Waals surface area contributed by atoms with Crippen LogP contribution in [-0.2, 0) is 32.6 Å². The van der Waals surface area contributed by atoms with Gasteiger partial charge in [0.25, 0.3) is 10.0 Å². The summed E-state index contributed by atoms with van der Waals surface area (Å²) >= 11 is 9.99. The van der Waals surface area contributed by atoms with E-state index in [4.69, 9.17) is 11.6 Å². The molecule has 45 heavy (non-hydrogen) atoms. The highest BCUT2D eigenvalue weighted by molar-refractivity contribution is 9.10. The van der Waals surface area contributed by atoms with Crippen LogP contribution in [0.5, 0.6) is 0 Å². The molecule has 4 aromatic rings. The fourth-order valence-electron chi connectivity index (χ4n) is 4.87. The number of hydrogen-bond acceptors (Lipinski definition) is 4. The predicted octanol–water partition coefficient (Wildman–Crippen LogP) is 7.16. The molecule has 1 atom stereocenters. The number of unbranched alkanes of at least 4 members (excludes halogenated alkanes) is 1. The average Bonchev–Trinajstić information content (AvgIpc) is 3.03. The molecule has 0 radical (unpaired) electrons. The van der Waals surface area contributed by atoms with Gasteiger partial charge in [-0.2, -0.15) is 0 Å². The molecule has 0 saturated heterocycles. The topological polar surface area (TPSA) is 86.8 Å². The lowest BCUT2D eigenvalue weighted by Gasteiger charge is -2.34. The molecule has 0 fully saturated rings. The molecule has 0 aliphatic heterocycles. The van der Waals surface area contributed by atoms with Crippen molar-refractivity contribution in [3.05, 3.63) is 129 Å². The summed E-state index contributed by atoms with van der Waals surface area (Å²) in [6.45, 7) is 3.84. The van der Waals surface area contributed by atoms with E-state index in [1.165, 1.54) is 17.0 Å². The lowest BCUT2D eigenvalue weighted by Crippen LogP contribution is -2.53. The van der Waals surface area contributed by atoms with Gasteiger partial charge in [0.1, 0.15) is 12.6 Å². The van der Waals surface area contributed by atoms with Crippen LogP contribution in [0.15, 0.2) is 112 Å². The number of aryl methyl sites for hydroxylation is 1. The smallest absolute Gasteiger partial charge is 0.264 e. The number of hydrogen-bond donors (Lipinski definition) is 1. The standard InChI is InChI=1S/C35H37BrClN3O4S/c1-3-4-21-38-35(42)33(22-27-11-6-5-7-12-27)39(24-28-13-8-9-16-32(28)37)34(41)25-40(30-15-10-14-29(36)23-30)45(43,44)31-19-17-26(2)18-20-31/h5-20,23,33H,3-4,21-22,24-25H2,1-2H3,(H,38,42). The normalized spacial score (nSPS) is 11.9. The van der Waals surface area contributed by atoms with Crippen molar-refractivity contribution in [2.75, 3.05) is 17.4 Å². The number of carbonyl (C=O) groups excluding carboxylic acids is 2. The number of benzene rings is 4. The maximum absolute atomic E-state index is 14.5. The van der Waals surface area contributed by atoms with Gasteiger partial charge in [-0.1, -0.05) is 113 Å². The van der Waals surface area contributed by atoms with Gasteiger partial charge < -0.3 is 10.2 Å². The molecule has 2 amide bonds. The Hall–Kier alpha value is -3.66. The van der Waals surface area contributed by atoms with Gasteiger partial charge in [0, 0.05) is 29.0 Å². The van der Waals surface area contributed by atoms with Crippen LogP contribution in [0.1, 0.15) is 36.5 Å². The van der Waals surface area contributed by atoms with Crippen molar-refractivity contribution in [3.63, 3.8) is 0 Å². The first kappa shape index (κ1) is 34.2. The van der Waals surface area contributed by atoms with Crippen LogP contribution >= 0.6 is 27.5 Å². The minimum Gasteiger partial charge on any atom is -0.354 e. The molecule has 1 N–H and O–H groups in total. The molecule has 0 aromatic heterocycles. The van der Waals surface area contributed by atoms with Gasteiger partial charge >= 0.3 is 0 Å². The van der Waals surface area contributed by atoms with Crippen LogP contribution in [0.3, 0.4) is 0 Å². The first-order valence-electron chi connectivity index (χ1n) is 14.8. The SMILES string of the molecule is CCCCNC(=O)C(Cc1ccccc1)N(Cc1ccccc1Cl)C(=O)CN(c1cccc(Br)c1)S(=O)(=O)c1ccc(C)cc1. The van der Waals surface area contributed by atoms with E-state index in [1.54, 1.807) is 54.6 Å². The largest absolute Gasteiger partial charge is 0.354 e. The van der Waals surface area contributed by atoms with Crippen molar-refractivity contribution >= 4 is 55.1 Å². The highest BCUT2D eigenvalue weighted by atomic mass is 79.9. The molecule has 0 aliphatic rings. The minimum atomic E-state index is -4.18. The van der Waals surface area contributed by atoms with E-state index in [1.807, 2.05) is 50.2 Å². The number of nitrogens with zero attached hydrogens (tertiary/aromatic N) is 2. The number of anilines is 1. The Morgan fingerprint density at radius 3 is 2.27 bits per heavy atom. The number of carbonyl (C=O) groups is 2. The third kappa shape index (κ3) is 9.19. The number of nitrogens with one attached hydrogen (secondary N) is 1. The van der Waals surface area contributed by atoms with Crippen molar-refractivity contribution in [2.45, 2.75) is 50.6 Å². The van der Waals surface area contributed by atoms with Gasteiger partial charge in [-0.05, 0) is 60.9 Å². The number of sulfonamides is 1. The highest BCUT2D eigenvalue weighted by Crippen LogP contribution is 2.28. The van der Waals surface area contributed by atoms with Gasteiger partial charge in [-0.25, -0.2) is 8.42 Å². The molecule has 4 aromatic carbocycles. The quantitative estimate of drug-likeness (QED) is 0.141. The molecule has 0 aliphatic carbocycles. The molecule has 0 saturated carbocycles. The van der Waals surface area contributed by atoms with Crippen molar-refractivity contribution < 1.29 is 18.0 Å². The molecule has 1 unspecified atom stereocenters. The fraction of sp³-hybridized carbons (Fsp3) is 0.257. The molecule has 0 spiro atoms. The monoisotopic (exact) mass is 709 g/mol. The van der Waals surface area contributed by atoms with E-state index in [0.717, 1.165) is 28.3 Å². The van der Waals surface area contributed by atoms with E-state index in [9.17, 15) is 18.0 Å². The van der Waals surface area contributed by atoms with Crippen LogP contribution in [-0.4, -0.2) is 44.3 Å². The number of halogens is 2. The Balaban J connectivity index is 1.80. The molecule has 0 heterocycles. The van der Waals surface area contributed by atoms with Crippen LogP contribution in [0.2, 0.25) is 5.02 Å². The summed E-state index contributed by atoms with van der Waals surface area (Å²) in [4.78, 5) is 29.8. The van der Waals surface area contributed by atoms with E-state index >= 15 is 0 Å². The zero-order chi connectivity index (χ0) is 32.4. The zero-order valence-electron chi connectivity index (χ0n) is 25.3. The molecule has 7 nitrogen and oxygen atoms in total. The maximum Gasteiger partial charge on any atom is 0.264 e. The van der Waals surface area contributed by atoms with Crippen LogP contribution in [0, 0.1) is 6.92 Å². The zero-order valence-corrected chi connectivity index (χ0v) is 28.5. The lowest BCUT2D eigenvalue weighted by atomic mass is 10.0. The second-order valence-corrected chi connectivity index (χ2v) is 14.0. The fourth-order valence-corrected chi connectivity index (χ4v) is 6.86. The Labute approximate surface area is 279 Å². The summed E-state index contributed by atoms with van der Waals surface area (Å²) in [5, 5.41) is 3.43. The second kappa shape index (κ2) is 16.1. The van der Waals surface area contributed by atoms with Crippen LogP contribution < -0.4 is 9.62 Å². The summed E-state index contributed by atoms with van der Waals surface area (Å²) in [7, 11) is -4.18. The average molecular weight is 711 g/mol. The lowest BCUT2D eigenvalue weighted by molar-refractivity contribution is -0.140. The summed E-state index contributed by atoms with van der Waals surface area (Å²) in [6, 6.07) is 28.9. The third-order valence-corrected chi connectivity index (χ3v) is 10.0. The van der Waals surface area contributed by atoms with Crippen molar-refractivity contribution in [1.29, 1.82) is 0 Å². The molecule has 10 heteroatoms. The Morgan fingerprint density at radius 2 is 1.60 bits per heavy atom. The Morgan fingerprint density at radius 1 is 0.911 bits per heavy atom. The number of rotatable bonds is 14. The molecular formula is C35H37BrClN3O4S. The summed E-state index contributed by atoms with van der Waals surface area (Å²) < 4.78 is 30.0. The molecular weight excluding hydrogens is 674 g/mol. The second-order valence-electron chi connectivity index (χ2n) is 10.8. The Bertz CT molecular complexity index is 1700. The first-order chi connectivity index (χ1) is 21.6. The van der Waals surface area contributed by atoms with Gasteiger partial charge in [-0.3, -0.25) is 13.9 Å². The predicted molar refractivity (Wildman–Crippen MR) is 184 cm³/mol. The molecule has 4 rings (SSSR count). The van der Waals surface area contributed by atoms with E-state index in [2.05, 4.69) is 21.2 Å². The number of amides is 2. The first-order valence-corrected chi connectivity index (χ1v) is 17.4. The van der Waals surface area contributed by atoms with Crippen molar-refractivity contribution in [2.24, 2.45) is 0 Å². The minimum absolute atomic E-state index is 0.00804. The van der Waals surface area contributed by atoms with Gasteiger partial charge in [-0.15, -0.1) is 0 Å². The summed E-state index contributed by atoms with van der Waals surface area (Å²) in [5.74, 6) is -0.861. The third-order valence-electron chi connectivity index (χ3n) is 7.38. The van der Waals surface area contributed by atoms with E-state index in [0.29, 0.717) is 27.3 Å². The van der Waals surface area contributed by atoms with Gasteiger partial charge in [0.2, 0.25) is 11.8 Å². The van der Waals surface area contributed by atoms with Crippen LogP contribution in [0.4, 0.5) is 5.69 Å². The summed E-state index contributed by atoms with van der Waals surface area (Å²) in [5.41, 5.74) is 2.72. The van der Waals surface area contributed by atoms with Crippen molar-refractivity contribution in [3.8, 4) is 0 Å². The van der Waals surface area contributed by atoms with Crippen molar-refractivity contribution in [1.82, 2.24) is 10.2 Å². The van der Waals surface area contributed by atoms with E-state index < -0.39 is 28.5 Å². The Kier molecular flexibility index (Phi) is 12.2. The molecule has 0 bridgehead atoms. The van der Waals surface area contributed by atoms with E-state index in [-0.39, 0.29) is 23.8 Å². The van der Waals surface area contributed by atoms with Crippen LogP contribution in [0.25, 0.3) is 0 Å². The van der Waals surface area contributed by atoms with Gasteiger partial charge in [0.05, 0.1) is 10.6 Å².